The molecule has 2 heterocycles. The molecule has 7 heteroatoms. The molecule has 0 saturated carbocycles. The molecule has 0 amide bonds. The van der Waals surface area contributed by atoms with E-state index in [1.807, 2.05) is 6.92 Å². The lowest BCUT2D eigenvalue weighted by Gasteiger charge is -1.98. The first-order chi connectivity index (χ1) is 7.20. The van der Waals surface area contributed by atoms with Crippen molar-refractivity contribution in [2.45, 2.75) is 19.9 Å². The standard InChI is InChI=1S/C8H11N5OS/c1-2-5-3-10-6(14-5)4-13-7(9)11-12-8(13)15/h3H,2,4H2,1H3,(H2,9,11)(H,12,15). The van der Waals surface area contributed by atoms with Crippen molar-refractivity contribution in [1.82, 2.24) is 19.7 Å². The zero-order valence-electron chi connectivity index (χ0n) is 8.23. The van der Waals surface area contributed by atoms with Gasteiger partial charge in [-0.25, -0.2) is 10.1 Å². The minimum atomic E-state index is 0.330. The summed E-state index contributed by atoms with van der Waals surface area (Å²) >= 11 is 5.00. The van der Waals surface area contributed by atoms with Crippen LogP contribution in [0, 0.1) is 4.77 Å². The molecule has 3 N–H and O–H groups in total. The van der Waals surface area contributed by atoms with Gasteiger partial charge >= 0.3 is 0 Å². The first kappa shape index (κ1) is 9.91. The molecule has 80 valence electrons. The second-order valence-corrected chi connectivity index (χ2v) is 3.43. The van der Waals surface area contributed by atoms with E-state index < -0.39 is 0 Å². The second kappa shape index (κ2) is 3.85. The summed E-state index contributed by atoms with van der Waals surface area (Å²) < 4.78 is 7.53. The van der Waals surface area contributed by atoms with Gasteiger partial charge in [0.25, 0.3) is 0 Å². The van der Waals surface area contributed by atoms with Gasteiger partial charge < -0.3 is 10.2 Å². The highest BCUT2D eigenvalue weighted by atomic mass is 32.1. The van der Waals surface area contributed by atoms with Crippen molar-refractivity contribution in [2.75, 3.05) is 5.73 Å². The number of nitrogens with zero attached hydrogens (tertiary/aromatic N) is 3. The van der Waals surface area contributed by atoms with E-state index in [0.717, 1.165) is 12.2 Å². The lowest BCUT2D eigenvalue weighted by molar-refractivity contribution is 0.446. The van der Waals surface area contributed by atoms with Crippen molar-refractivity contribution in [3.05, 3.63) is 22.6 Å². The van der Waals surface area contributed by atoms with E-state index >= 15 is 0 Å². The van der Waals surface area contributed by atoms with Gasteiger partial charge in [0.15, 0.2) is 4.77 Å². The maximum absolute atomic E-state index is 5.61. The summed E-state index contributed by atoms with van der Waals surface area (Å²) in [6.45, 7) is 2.41. The normalized spacial score (nSPS) is 10.7. The molecule has 0 bridgehead atoms. The van der Waals surface area contributed by atoms with Gasteiger partial charge in [0.1, 0.15) is 12.3 Å². The number of hydrogen-bond donors (Lipinski definition) is 2. The summed E-state index contributed by atoms with van der Waals surface area (Å²) in [5.74, 6) is 1.76. The number of aryl methyl sites for hydroxylation is 1. The fraction of sp³-hybridized carbons (Fsp3) is 0.375. The smallest absolute Gasteiger partial charge is 0.220 e. The van der Waals surface area contributed by atoms with Crippen LogP contribution in [0.4, 0.5) is 5.95 Å². The van der Waals surface area contributed by atoms with E-state index in [4.69, 9.17) is 22.4 Å². The van der Waals surface area contributed by atoms with Crippen LogP contribution in [0.3, 0.4) is 0 Å². The number of hydrogen-bond acceptors (Lipinski definition) is 5. The van der Waals surface area contributed by atoms with Crippen molar-refractivity contribution in [1.29, 1.82) is 0 Å². The third-order valence-electron chi connectivity index (χ3n) is 2.03. The maximum atomic E-state index is 5.61. The molecule has 0 aliphatic carbocycles. The molecule has 0 aliphatic heterocycles. The highest BCUT2D eigenvalue weighted by Crippen LogP contribution is 2.08. The Bertz CT molecular complexity index is 511. The Morgan fingerprint density at radius 3 is 3.00 bits per heavy atom. The van der Waals surface area contributed by atoms with Crippen LogP contribution in [0.1, 0.15) is 18.6 Å². The molecule has 0 aliphatic rings. The van der Waals surface area contributed by atoms with Gasteiger partial charge in [-0.2, -0.15) is 0 Å². The molecular weight excluding hydrogens is 214 g/mol. The van der Waals surface area contributed by atoms with Crippen molar-refractivity contribution in [3.63, 3.8) is 0 Å². The zero-order chi connectivity index (χ0) is 10.8. The van der Waals surface area contributed by atoms with Gasteiger partial charge in [0.05, 0.1) is 6.20 Å². The molecular formula is C8H11N5OS. The van der Waals surface area contributed by atoms with Crippen LogP contribution in [-0.4, -0.2) is 19.7 Å². The predicted octanol–water partition coefficient (Wildman–Crippen LogP) is 1.12. The number of anilines is 1. The highest BCUT2D eigenvalue weighted by molar-refractivity contribution is 7.71. The molecule has 2 aromatic rings. The van der Waals surface area contributed by atoms with Crippen molar-refractivity contribution in [2.24, 2.45) is 0 Å². The number of oxazole rings is 1. The quantitative estimate of drug-likeness (QED) is 0.764. The zero-order valence-corrected chi connectivity index (χ0v) is 9.04. The summed E-state index contributed by atoms with van der Waals surface area (Å²) in [7, 11) is 0. The number of nitrogens with two attached hydrogens (primary N) is 1. The van der Waals surface area contributed by atoms with Gasteiger partial charge in [0, 0.05) is 6.42 Å². The molecule has 2 rings (SSSR count). The van der Waals surface area contributed by atoms with E-state index in [2.05, 4.69) is 15.2 Å². The van der Waals surface area contributed by atoms with Gasteiger partial charge in [-0.15, -0.1) is 5.10 Å². The minimum Gasteiger partial charge on any atom is -0.444 e. The summed E-state index contributed by atoms with van der Waals surface area (Å²) in [6, 6.07) is 0. The Morgan fingerprint density at radius 1 is 1.67 bits per heavy atom. The topological polar surface area (TPSA) is 85.7 Å². The van der Waals surface area contributed by atoms with Crippen LogP contribution in [0.2, 0.25) is 0 Å². The average Bonchev–Trinajstić information content (AvgIpc) is 2.80. The molecule has 2 aromatic heterocycles. The number of nitrogen functional groups attached to an aromatic ring is 1. The Labute approximate surface area is 91.1 Å². The Balaban J connectivity index is 2.25. The first-order valence-corrected chi connectivity index (χ1v) is 4.95. The summed E-state index contributed by atoms with van der Waals surface area (Å²) in [4.78, 5) is 4.11. The Kier molecular flexibility index (Phi) is 2.55. The van der Waals surface area contributed by atoms with Crippen molar-refractivity contribution in [3.8, 4) is 0 Å². The number of nitrogens with one attached hydrogen (secondary N) is 1. The van der Waals surface area contributed by atoms with Crippen LogP contribution >= 0.6 is 12.2 Å². The summed E-state index contributed by atoms with van der Waals surface area (Å²) in [5, 5.41) is 6.39. The van der Waals surface area contributed by atoms with E-state index in [1.54, 1.807) is 10.8 Å². The first-order valence-electron chi connectivity index (χ1n) is 4.55. The molecule has 0 saturated heterocycles. The van der Waals surface area contributed by atoms with Crippen molar-refractivity contribution >= 4 is 18.2 Å². The van der Waals surface area contributed by atoms with Gasteiger partial charge in [-0.1, -0.05) is 6.92 Å². The molecule has 6 nitrogen and oxygen atoms in total. The molecule has 0 unspecified atom stereocenters. The molecule has 0 aromatic carbocycles. The van der Waals surface area contributed by atoms with E-state index in [-0.39, 0.29) is 0 Å². The summed E-state index contributed by atoms with van der Waals surface area (Å²) in [5.41, 5.74) is 5.61. The van der Waals surface area contributed by atoms with Crippen LogP contribution in [-0.2, 0) is 13.0 Å². The SMILES string of the molecule is CCc1cnc(Cn2c(N)n[nH]c2=S)o1. The molecule has 0 spiro atoms. The van der Waals surface area contributed by atoms with E-state index in [1.165, 1.54) is 0 Å². The summed E-state index contributed by atoms with van der Waals surface area (Å²) in [6.07, 6.45) is 2.52. The number of H-pyrrole nitrogens is 1. The number of rotatable bonds is 3. The Morgan fingerprint density at radius 2 is 2.47 bits per heavy atom. The van der Waals surface area contributed by atoms with Crippen molar-refractivity contribution < 1.29 is 4.42 Å². The largest absolute Gasteiger partial charge is 0.444 e. The highest BCUT2D eigenvalue weighted by Gasteiger charge is 2.07. The third-order valence-corrected chi connectivity index (χ3v) is 2.34. The van der Waals surface area contributed by atoms with Gasteiger partial charge in [-0.05, 0) is 12.2 Å². The maximum Gasteiger partial charge on any atom is 0.220 e. The fourth-order valence-electron chi connectivity index (χ4n) is 1.20. The predicted molar refractivity (Wildman–Crippen MR) is 56.8 cm³/mol. The fourth-order valence-corrected chi connectivity index (χ4v) is 1.41. The van der Waals surface area contributed by atoms with Crippen LogP contribution in [0.5, 0.6) is 0 Å². The van der Waals surface area contributed by atoms with Gasteiger partial charge in [0.2, 0.25) is 11.8 Å². The second-order valence-electron chi connectivity index (χ2n) is 3.05. The minimum absolute atomic E-state index is 0.330. The molecule has 15 heavy (non-hydrogen) atoms. The van der Waals surface area contributed by atoms with E-state index in [9.17, 15) is 0 Å². The average molecular weight is 225 g/mol. The lowest BCUT2D eigenvalue weighted by atomic mass is 10.4. The van der Waals surface area contributed by atoms with Crippen LogP contribution in [0.25, 0.3) is 0 Å². The Hall–Kier alpha value is -1.63. The van der Waals surface area contributed by atoms with Gasteiger partial charge in [-0.3, -0.25) is 4.57 Å². The van der Waals surface area contributed by atoms with Crippen LogP contribution < -0.4 is 5.73 Å². The third kappa shape index (κ3) is 1.91. The number of aromatic nitrogens is 4. The molecule has 0 radical (unpaired) electrons. The van der Waals surface area contributed by atoms with E-state index in [0.29, 0.717) is 23.2 Å². The van der Waals surface area contributed by atoms with Crippen LogP contribution in [0.15, 0.2) is 10.6 Å². The lowest BCUT2D eigenvalue weighted by Crippen LogP contribution is -2.04. The number of aromatic amines is 1. The monoisotopic (exact) mass is 225 g/mol. The molecule has 0 atom stereocenters. The molecule has 0 fully saturated rings.